The molecule has 4 heterocycles. The summed E-state index contributed by atoms with van der Waals surface area (Å²) in [5.74, 6) is 0.674. The number of aromatic amines is 1. The predicted molar refractivity (Wildman–Crippen MR) is 106 cm³/mol. The minimum atomic E-state index is -1.00. The Labute approximate surface area is 162 Å². The van der Waals surface area contributed by atoms with E-state index in [9.17, 15) is 4.39 Å². The van der Waals surface area contributed by atoms with E-state index in [4.69, 9.17) is 4.74 Å². The Balaban J connectivity index is 1.24. The van der Waals surface area contributed by atoms with Crippen LogP contribution >= 0.6 is 0 Å². The van der Waals surface area contributed by atoms with Gasteiger partial charge in [0.1, 0.15) is 24.7 Å². The van der Waals surface area contributed by atoms with Crippen molar-refractivity contribution < 1.29 is 9.13 Å². The Bertz CT molecular complexity index is 1090. The Hall–Kier alpha value is -2.77. The molecule has 4 aromatic rings. The molecule has 1 aliphatic heterocycles. The topological polar surface area (TPSA) is 59.0 Å². The lowest BCUT2D eigenvalue weighted by Gasteiger charge is -2.15. The van der Waals surface area contributed by atoms with Crippen molar-refractivity contribution in [3.8, 4) is 0 Å². The van der Waals surface area contributed by atoms with E-state index in [-0.39, 0.29) is 6.61 Å². The number of imidazole rings is 1. The van der Waals surface area contributed by atoms with E-state index < -0.39 is 12.3 Å². The van der Waals surface area contributed by atoms with Crippen LogP contribution in [0.5, 0.6) is 0 Å². The number of hydrogen-bond donors (Lipinski definition) is 1. The molecule has 5 rings (SSSR count). The zero-order valence-corrected chi connectivity index (χ0v) is 15.7. The molecule has 6 nitrogen and oxygen atoms in total. The third kappa shape index (κ3) is 3.16. The van der Waals surface area contributed by atoms with Crippen molar-refractivity contribution in [2.45, 2.75) is 25.4 Å². The highest BCUT2D eigenvalue weighted by Gasteiger charge is 2.34. The average molecular weight is 379 g/mol. The van der Waals surface area contributed by atoms with E-state index in [0.717, 1.165) is 12.1 Å². The van der Waals surface area contributed by atoms with Crippen molar-refractivity contribution in [1.29, 1.82) is 0 Å². The van der Waals surface area contributed by atoms with Gasteiger partial charge in [-0.2, -0.15) is 0 Å². The van der Waals surface area contributed by atoms with E-state index in [0.29, 0.717) is 24.6 Å². The number of nitrogens with one attached hydrogen (secondary N) is 1. The van der Waals surface area contributed by atoms with Gasteiger partial charge in [-0.3, -0.25) is 4.90 Å². The number of halogens is 1. The van der Waals surface area contributed by atoms with E-state index in [1.165, 1.54) is 16.5 Å². The highest BCUT2D eigenvalue weighted by atomic mass is 19.1. The van der Waals surface area contributed by atoms with E-state index in [1.807, 2.05) is 31.3 Å². The molecule has 2 atom stereocenters. The summed E-state index contributed by atoms with van der Waals surface area (Å²) < 4.78 is 22.5. The summed E-state index contributed by atoms with van der Waals surface area (Å²) in [5, 5.41) is 1.22. The van der Waals surface area contributed by atoms with Gasteiger partial charge in [0.15, 0.2) is 5.65 Å². The van der Waals surface area contributed by atoms with Crippen LogP contribution < -0.4 is 0 Å². The highest BCUT2D eigenvalue weighted by molar-refractivity contribution is 5.83. The zero-order chi connectivity index (χ0) is 19.1. The molecular weight excluding hydrogens is 357 g/mol. The van der Waals surface area contributed by atoms with Crippen molar-refractivity contribution in [3.05, 3.63) is 60.2 Å². The smallest absolute Gasteiger partial charge is 0.177 e. The number of nitrogens with zero attached hydrogens (tertiary/aromatic N) is 4. The Morgan fingerprint density at radius 2 is 2.11 bits per heavy atom. The number of H-pyrrole nitrogens is 1. The van der Waals surface area contributed by atoms with Crippen LogP contribution in [-0.4, -0.2) is 49.8 Å². The van der Waals surface area contributed by atoms with Crippen molar-refractivity contribution in [1.82, 2.24) is 24.4 Å². The summed E-state index contributed by atoms with van der Waals surface area (Å²) in [6.45, 7) is 1.93. The van der Waals surface area contributed by atoms with Gasteiger partial charge in [0.05, 0.1) is 5.52 Å². The fraction of sp³-hybridized carbons (Fsp3) is 0.333. The number of alkyl halides is 1. The van der Waals surface area contributed by atoms with Crippen LogP contribution in [0, 0.1) is 0 Å². The molecule has 0 radical (unpaired) electrons. The Kier molecular flexibility index (Phi) is 4.33. The lowest BCUT2D eigenvalue weighted by Crippen LogP contribution is -2.24. The average Bonchev–Trinajstić information content (AvgIpc) is 3.36. The second-order valence-corrected chi connectivity index (χ2v) is 7.40. The number of pyridine rings is 1. The zero-order valence-electron chi connectivity index (χ0n) is 15.7. The number of para-hydroxylation sites is 1. The van der Waals surface area contributed by atoms with Gasteiger partial charge < -0.3 is 14.3 Å². The molecule has 1 N–H and O–H groups in total. The second kappa shape index (κ2) is 7.00. The summed E-state index contributed by atoms with van der Waals surface area (Å²) >= 11 is 0. The molecule has 7 heteroatoms. The van der Waals surface area contributed by atoms with Gasteiger partial charge in [0.2, 0.25) is 0 Å². The number of aromatic nitrogens is 4. The summed E-state index contributed by atoms with van der Waals surface area (Å²) in [4.78, 5) is 13.9. The number of ether oxygens (including phenoxy) is 1. The molecular formula is C21H22FN5O. The predicted octanol–water partition coefficient (Wildman–Crippen LogP) is 3.19. The molecule has 3 aromatic heterocycles. The van der Waals surface area contributed by atoms with Gasteiger partial charge in [-0.1, -0.05) is 18.2 Å². The van der Waals surface area contributed by atoms with Gasteiger partial charge in [-0.25, -0.2) is 14.4 Å². The van der Waals surface area contributed by atoms with E-state index >= 15 is 0 Å². The fourth-order valence-corrected chi connectivity index (χ4v) is 4.04. The Morgan fingerprint density at radius 1 is 1.21 bits per heavy atom. The maximum Gasteiger partial charge on any atom is 0.177 e. The van der Waals surface area contributed by atoms with Crippen molar-refractivity contribution in [2.24, 2.45) is 7.05 Å². The largest absolute Gasteiger partial charge is 0.366 e. The molecule has 1 aromatic carbocycles. The quantitative estimate of drug-likeness (QED) is 0.579. The van der Waals surface area contributed by atoms with E-state index in [2.05, 4.69) is 42.7 Å². The molecule has 1 saturated heterocycles. The van der Waals surface area contributed by atoms with Gasteiger partial charge >= 0.3 is 0 Å². The summed E-state index contributed by atoms with van der Waals surface area (Å²) in [6.07, 6.45) is 2.38. The first kappa shape index (κ1) is 17.3. The lowest BCUT2D eigenvalue weighted by molar-refractivity contribution is 0.00864. The fourth-order valence-electron chi connectivity index (χ4n) is 4.04. The summed E-state index contributed by atoms with van der Waals surface area (Å²) in [5.41, 5.74) is 3.93. The molecule has 0 amide bonds. The first-order valence-electron chi connectivity index (χ1n) is 9.48. The second-order valence-electron chi connectivity index (χ2n) is 7.40. The van der Waals surface area contributed by atoms with Crippen molar-refractivity contribution in [2.75, 3.05) is 13.1 Å². The molecule has 1 fully saturated rings. The third-order valence-electron chi connectivity index (χ3n) is 5.39. The number of likely N-dealkylation sites (tertiary alicyclic amines) is 1. The minimum absolute atomic E-state index is 0.254. The van der Waals surface area contributed by atoms with Gasteiger partial charge in [-0.05, 0) is 23.8 Å². The highest BCUT2D eigenvalue weighted by Crippen LogP contribution is 2.25. The minimum Gasteiger partial charge on any atom is -0.366 e. The molecule has 0 unspecified atom stereocenters. The van der Waals surface area contributed by atoms with Crippen LogP contribution in [0.3, 0.4) is 0 Å². The maximum atomic E-state index is 14.6. The number of benzene rings is 1. The number of rotatable bonds is 5. The van der Waals surface area contributed by atoms with Crippen molar-refractivity contribution >= 4 is 22.1 Å². The molecule has 0 bridgehead atoms. The van der Waals surface area contributed by atoms with Crippen molar-refractivity contribution in [3.63, 3.8) is 0 Å². The summed E-state index contributed by atoms with van der Waals surface area (Å²) in [7, 11) is 2.04. The van der Waals surface area contributed by atoms with Crippen LogP contribution in [0.25, 0.3) is 22.1 Å². The SMILES string of the molecule is Cn1cc(CN2C[C@@H](F)[C@@H](OCc3nc4ncccc4[nH]3)C2)c2ccccc21. The molecule has 28 heavy (non-hydrogen) atoms. The van der Waals surface area contributed by atoms with Gasteiger partial charge in [-0.15, -0.1) is 0 Å². The van der Waals surface area contributed by atoms with Crippen LogP contribution in [-0.2, 0) is 24.9 Å². The molecule has 144 valence electrons. The molecule has 0 saturated carbocycles. The van der Waals surface area contributed by atoms with Crippen LogP contribution in [0.2, 0.25) is 0 Å². The van der Waals surface area contributed by atoms with Crippen LogP contribution in [0.1, 0.15) is 11.4 Å². The summed E-state index contributed by atoms with van der Waals surface area (Å²) in [6, 6.07) is 12.1. The monoisotopic (exact) mass is 379 g/mol. The maximum absolute atomic E-state index is 14.6. The Morgan fingerprint density at radius 3 is 3.00 bits per heavy atom. The third-order valence-corrected chi connectivity index (χ3v) is 5.39. The molecule has 0 aliphatic carbocycles. The molecule has 0 spiro atoms. The normalized spacial score (nSPS) is 20.5. The molecule has 1 aliphatic rings. The lowest BCUT2D eigenvalue weighted by atomic mass is 10.1. The van der Waals surface area contributed by atoms with Crippen LogP contribution in [0.4, 0.5) is 4.39 Å². The first-order valence-corrected chi connectivity index (χ1v) is 9.48. The number of aryl methyl sites for hydroxylation is 1. The first-order chi connectivity index (χ1) is 13.7. The standard InChI is InChI=1S/C21H22FN5O/c1-26-9-14(15-5-2-3-7-18(15)26)10-27-11-16(22)19(12-27)28-13-20-24-17-6-4-8-23-21(17)25-20/h2-9,16,19H,10-13H2,1H3,(H,23,24,25)/t16-,19+/m1/s1. The van der Waals surface area contributed by atoms with Gasteiger partial charge in [0.25, 0.3) is 0 Å². The number of fused-ring (bicyclic) bond motifs is 2. The van der Waals surface area contributed by atoms with Crippen LogP contribution in [0.15, 0.2) is 48.8 Å². The van der Waals surface area contributed by atoms with Gasteiger partial charge in [0, 0.05) is 50.0 Å². The number of hydrogen-bond acceptors (Lipinski definition) is 4. The van der Waals surface area contributed by atoms with E-state index in [1.54, 1.807) is 6.20 Å².